The molecule has 0 spiro atoms. The van der Waals surface area contributed by atoms with E-state index in [4.69, 9.17) is 4.74 Å². The summed E-state index contributed by atoms with van der Waals surface area (Å²) in [6.45, 7) is 7.21. The van der Waals surface area contributed by atoms with Crippen molar-refractivity contribution >= 4 is 22.5 Å². The quantitative estimate of drug-likeness (QED) is 0.517. The van der Waals surface area contributed by atoms with Gasteiger partial charge < -0.3 is 4.74 Å². The molecule has 1 aromatic heterocycles. The zero-order valence-corrected chi connectivity index (χ0v) is 17.4. The molecule has 7 nitrogen and oxygen atoms in total. The first kappa shape index (κ1) is 21.2. The van der Waals surface area contributed by atoms with E-state index in [0.29, 0.717) is 5.56 Å². The first-order valence-corrected chi connectivity index (χ1v) is 9.64. The average molecular weight is 408 g/mol. The Morgan fingerprint density at radius 2 is 1.60 bits per heavy atom. The summed E-state index contributed by atoms with van der Waals surface area (Å²) in [5, 5.41) is 2.82. The molecule has 3 rings (SSSR count). The molecule has 0 amide bonds. The van der Waals surface area contributed by atoms with Crippen LogP contribution >= 0.6 is 0 Å². The van der Waals surface area contributed by atoms with E-state index in [1.165, 1.54) is 19.1 Å². The molecular formula is C23H24N2O5. The topological polar surface area (TPSA) is 98.2 Å². The van der Waals surface area contributed by atoms with Gasteiger partial charge in [0.1, 0.15) is 6.54 Å². The Hall–Kier alpha value is -3.48. The van der Waals surface area contributed by atoms with E-state index in [-0.39, 0.29) is 22.0 Å². The number of fused-ring (bicyclic) bond motifs is 1. The number of carbonyl (C=O) groups is 2. The van der Waals surface area contributed by atoms with Crippen molar-refractivity contribution < 1.29 is 14.3 Å². The molecule has 0 aliphatic carbocycles. The highest BCUT2D eigenvalue weighted by molar-refractivity contribution is 6.00. The second kappa shape index (κ2) is 8.10. The number of hydrogen-bond donors (Lipinski definition) is 1. The van der Waals surface area contributed by atoms with Gasteiger partial charge in [-0.25, -0.2) is 4.68 Å². The lowest BCUT2D eigenvalue weighted by atomic mass is 9.86. The Bertz CT molecular complexity index is 1210. The highest BCUT2D eigenvalue weighted by Crippen LogP contribution is 2.22. The fourth-order valence-electron chi connectivity index (χ4n) is 3.14. The van der Waals surface area contributed by atoms with Crippen molar-refractivity contribution in [3.8, 4) is 0 Å². The van der Waals surface area contributed by atoms with Crippen LogP contribution in [0.15, 0.2) is 58.1 Å². The molecule has 0 bridgehead atoms. The SMILES string of the molecule is C[C@@H](OC(=O)Cn1[nH]c(=O)c2ccccc2c1=O)C(=O)c1ccc(C(C)(C)C)cc1. The minimum absolute atomic E-state index is 0.0380. The number of ether oxygens (including phenoxy) is 1. The average Bonchev–Trinajstić information content (AvgIpc) is 2.70. The fourth-order valence-corrected chi connectivity index (χ4v) is 3.14. The van der Waals surface area contributed by atoms with Crippen molar-refractivity contribution in [2.24, 2.45) is 0 Å². The summed E-state index contributed by atoms with van der Waals surface area (Å²) in [7, 11) is 0. The number of aromatic nitrogens is 2. The largest absolute Gasteiger partial charge is 0.453 e. The van der Waals surface area contributed by atoms with Crippen molar-refractivity contribution in [1.82, 2.24) is 9.78 Å². The molecule has 3 aromatic rings. The predicted molar refractivity (Wildman–Crippen MR) is 114 cm³/mol. The predicted octanol–water partition coefficient (Wildman–Crippen LogP) is 2.80. The molecule has 0 radical (unpaired) electrons. The number of carbonyl (C=O) groups excluding carboxylic acids is 2. The standard InChI is InChI=1S/C23H24N2O5/c1-14(20(27)15-9-11-16(12-10-15)23(2,3)4)30-19(26)13-25-22(29)18-8-6-5-7-17(18)21(28)24-25/h5-12,14H,13H2,1-4H3,(H,24,28)/t14-/m1/s1. The molecule has 0 fully saturated rings. The molecule has 0 saturated carbocycles. The molecule has 7 heteroatoms. The summed E-state index contributed by atoms with van der Waals surface area (Å²) in [6.07, 6.45) is -1.03. The van der Waals surface area contributed by atoms with Gasteiger partial charge in [0.2, 0.25) is 5.78 Å². The van der Waals surface area contributed by atoms with Gasteiger partial charge >= 0.3 is 5.97 Å². The number of nitrogens with zero attached hydrogens (tertiary/aromatic N) is 1. The van der Waals surface area contributed by atoms with Crippen LogP contribution in [-0.2, 0) is 21.5 Å². The number of nitrogens with one attached hydrogen (secondary N) is 1. The van der Waals surface area contributed by atoms with Crippen LogP contribution in [0, 0.1) is 0 Å². The summed E-state index contributed by atoms with van der Waals surface area (Å²) < 4.78 is 6.10. The third-order valence-electron chi connectivity index (χ3n) is 4.88. The minimum Gasteiger partial charge on any atom is -0.453 e. The first-order chi connectivity index (χ1) is 14.1. The van der Waals surface area contributed by atoms with E-state index in [9.17, 15) is 19.2 Å². The number of rotatable bonds is 5. The third-order valence-corrected chi connectivity index (χ3v) is 4.88. The number of Topliss-reactive ketones (excluding diaryl/α,β-unsaturated/α-hetero) is 1. The van der Waals surface area contributed by atoms with Gasteiger partial charge in [-0.1, -0.05) is 57.2 Å². The maximum Gasteiger partial charge on any atom is 0.328 e. The summed E-state index contributed by atoms with van der Waals surface area (Å²) in [6, 6.07) is 13.5. The van der Waals surface area contributed by atoms with E-state index in [1.807, 2.05) is 12.1 Å². The molecule has 1 heterocycles. The van der Waals surface area contributed by atoms with Crippen LogP contribution in [-0.4, -0.2) is 27.6 Å². The second-order valence-electron chi connectivity index (χ2n) is 8.20. The second-order valence-corrected chi connectivity index (χ2v) is 8.20. The van der Waals surface area contributed by atoms with E-state index in [1.54, 1.807) is 24.3 Å². The minimum atomic E-state index is -1.03. The van der Waals surface area contributed by atoms with Crippen LogP contribution in [0.3, 0.4) is 0 Å². The van der Waals surface area contributed by atoms with Crippen molar-refractivity contribution in [1.29, 1.82) is 0 Å². The van der Waals surface area contributed by atoms with Gasteiger partial charge in [0.15, 0.2) is 6.10 Å². The maximum atomic E-state index is 12.6. The van der Waals surface area contributed by atoms with Crippen LogP contribution in [0.1, 0.15) is 43.6 Å². The van der Waals surface area contributed by atoms with E-state index in [2.05, 4.69) is 25.9 Å². The molecule has 156 valence electrons. The molecule has 2 aromatic carbocycles. The maximum absolute atomic E-state index is 12.6. The van der Waals surface area contributed by atoms with Gasteiger partial charge in [-0.05, 0) is 30.0 Å². The summed E-state index contributed by atoms with van der Waals surface area (Å²) in [5.74, 6) is -1.14. The third kappa shape index (κ3) is 4.40. The highest BCUT2D eigenvalue weighted by atomic mass is 16.5. The van der Waals surface area contributed by atoms with Crippen LogP contribution < -0.4 is 11.1 Å². The zero-order chi connectivity index (χ0) is 22.1. The van der Waals surface area contributed by atoms with Crippen LogP contribution in [0.4, 0.5) is 0 Å². The Morgan fingerprint density at radius 3 is 2.20 bits per heavy atom. The van der Waals surface area contributed by atoms with Crippen molar-refractivity contribution in [2.75, 3.05) is 0 Å². The van der Waals surface area contributed by atoms with Crippen molar-refractivity contribution in [3.63, 3.8) is 0 Å². The first-order valence-electron chi connectivity index (χ1n) is 9.64. The lowest BCUT2D eigenvalue weighted by Gasteiger charge is -2.19. The Morgan fingerprint density at radius 1 is 1.00 bits per heavy atom. The Kier molecular flexibility index (Phi) is 5.73. The summed E-state index contributed by atoms with van der Waals surface area (Å²) in [5.41, 5.74) is 0.479. The van der Waals surface area contributed by atoms with Gasteiger partial charge in [0, 0.05) is 5.56 Å². The van der Waals surface area contributed by atoms with Gasteiger partial charge in [-0.15, -0.1) is 0 Å². The summed E-state index contributed by atoms with van der Waals surface area (Å²) >= 11 is 0. The van der Waals surface area contributed by atoms with Gasteiger partial charge in [-0.2, -0.15) is 0 Å². The highest BCUT2D eigenvalue weighted by Gasteiger charge is 2.21. The molecule has 1 atom stereocenters. The van der Waals surface area contributed by atoms with Crippen molar-refractivity contribution in [3.05, 3.63) is 80.4 Å². The van der Waals surface area contributed by atoms with Crippen LogP contribution in [0.5, 0.6) is 0 Å². The Labute approximate surface area is 173 Å². The van der Waals surface area contributed by atoms with Crippen LogP contribution in [0.2, 0.25) is 0 Å². The lowest BCUT2D eigenvalue weighted by Crippen LogP contribution is -2.34. The molecule has 0 aliphatic heterocycles. The lowest BCUT2D eigenvalue weighted by molar-refractivity contribution is -0.147. The number of aromatic amines is 1. The van der Waals surface area contributed by atoms with E-state index >= 15 is 0 Å². The monoisotopic (exact) mass is 408 g/mol. The number of hydrogen-bond acceptors (Lipinski definition) is 5. The van der Waals surface area contributed by atoms with Gasteiger partial charge in [0.25, 0.3) is 11.1 Å². The molecule has 1 N–H and O–H groups in total. The number of H-pyrrole nitrogens is 1. The normalized spacial score (nSPS) is 12.5. The fraction of sp³-hybridized carbons (Fsp3) is 0.304. The Balaban J connectivity index is 1.72. The van der Waals surface area contributed by atoms with Gasteiger partial charge in [0.05, 0.1) is 10.8 Å². The van der Waals surface area contributed by atoms with Crippen molar-refractivity contribution in [2.45, 2.75) is 45.8 Å². The number of ketones is 1. The molecule has 0 unspecified atom stereocenters. The molecular weight excluding hydrogens is 384 g/mol. The summed E-state index contributed by atoms with van der Waals surface area (Å²) in [4.78, 5) is 49.5. The van der Waals surface area contributed by atoms with Gasteiger partial charge in [-0.3, -0.25) is 24.3 Å². The zero-order valence-electron chi connectivity index (χ0n) is 17.4. The van der Waals surface area contributed by atoms with E-state index in [0.717, 1.165) is 10.2 Å². The molecule has 0 aliphatic rings. The van der Waals surface area contributed by atoms with Crippen LogP contribution in [0.25, 0.3) is 10.8 Å². The van der Waals surface area contributed by atoms with E-state index < -0.39 is 29.7 Å². The number of benzene rings is 2. The smallest absolute Gasteiger partial charge is 0.328 e. The molecule has 30 heavy (non-hydrogen) atoms. The number of esters is 1. The molecule has 0 saturated heterocycles.